The molecule has 20 heavy (non-hydrogen) atoms. The number of nitrogens with zero attached hydrogens (tertiary/aromatic N) is 1. The van der Waals surface area contributed by atoms with Crippen LogP contribution in [0.3, 0.4) is 0 Å². The van der Waals surface area contributed by atoms with Gasteiger partial charge in [-0.15, -0.1) is 0 Å². The Kier molecular flexibility index (Phi) is 3.37. The fourth-order valence-electron chi connectivity index (χ4n) is 3.42. The Bertz CT molecular complexity index is 424. The molecule has 3 aliphatic heterocycles. The molecule has 0 spiro atoms. The first kappa shape index (κ1) is 13.4. The van der Waals surface area contributed by atoms with Crippen LogP contribution in [0.25, 0.3) is 0 Å². The maximum Gasteiger partial charge on any atom is 0.407 e. The molecule has 3 saturated heterocycles. The molecular weight excluding hydrogens is 264 g/mol. The number of carbonyl (C=O) groups is 3. The lowest BCUT2D eigenvalue weighted by molar-refractivity contribution is -0.143. The third-order valence-corrected chi connectivity index (χ3v) is 4.24. The molecular formula is C13H18N2O5. The van der Waals surface area contributed by atoms with Crippen molar-refractivity contribution in [1.29, 1.82) is 0 Å². The van der Waals surface area contributed by atoms with E-state index in [1.165, 1.54) is 4.90 Å². The number of ether oxygens (including phenoxy) is 2. The summed E-state index contributed by atoms with van der Waals surface area (Å²) in [5, 5.41) is 2.49. The highest BCUT2D eigenvalue weighted by atomic mass is 16.5. The van der Waals surface area contributed by atoms with Crippen molar-refractivity contribution in [3.63, 3.8) is 0 Å². The third kappa shape index (κ3) is 1.96. The summed E-state index contributed by atoms with van der Waals surface area (Å²) in [4.78, 5) is 36.9. The number of nitrogens with one attached hydrogen (secondary N) is 1. The first-order chi connectivity index (χ1) is 9.63. The maximum absolute atomic E-state index is 12.3. The molecule has 7 nitrogen and oxygen atoms in total. The Morgan fingerprint density at radius 3 is 2.45 bits per heavy atom. The number of hydrogen-bond acceptors (Lipinski definition) is 5. The summed E-state index contributed by atoms with van der Waals surface area (Å²) >= 11 is 0. The Labute approximate surface area is 116 Å². The number of alkyl carbamates (subject to hydrolysis) is 1. The Hall–Kier alpha value is -1.63. The van der Waals surface area contributed by atoms with Crippen LogP contribution in [0.1, 0.15) is 19.8 Å². The van der Waals surface area contributed by atoms with E-state index in [-0.39, 0.29) is 49.0 Å². The zero-order chi connectivity index (χ0) is 14.3. The smallest absolute Gasteiger partial charge is 0.407 e. The van der Waals surface area contributed by atoms with Gasteiger partial charge in [0.15, 0.2) is 0 Å². The fraction of sp³-hybridized carbons (Fsp3) is 0.769. The van der Waals surface area contributed by atoms with Gasteiger partial charge in [0, 0.05) is 6.54 Å². The van der Waals surface area contributed by atoms with Gasteiger partial charge in [-0.1, -0.05) is 0 Å². The van der Waals surface area contributed by atoms with Gasteiger partial charge in [0.25, 0.3) is 0 Å². The molecule has 110 valence electrons. The van der Waals surface area contributed by atoms with E-state index in [1.807, 2.05) is 0 Å². The van der Waals surface area contributed by atoms with E-state index in [4.69, 9.17) is 9.47 Å². The lowest BCUT2D eigenvalue weighted by Gasteiger charge is -2.17. The highest BCUT2D eigenvalue weighted by Crippen LogP contribution is 2.48. The number of likely N-dealkylation sites (tertiary alicyclic amines) is 1. The van der Waals surface area contributed by atoms with Crippen LogP contribution in [0.4, 0.5) is 4.79 Å². The standard InChI is InChI=1S/C13H18N2O5/c1-2-14-13(18)19-6-5-15-11(16)9-7-3-4-8(20-7)10(9)12(15)17/h7-10H,2-6H2,1H3,(H,14,18)/t7-,8+,9-,10+. The second kappa shape index (κ2) is 5.05. The van der Waals surface area contributed by atoms with E-state index in [0.29, 0.717) is 6.54 Å². The topological polar surface area (TPSA) is 84.9 Å². The van der Waals surface area contributed by atoms with Crippen LogP contribution < -0.4 is 5.32 Å². The molecule has 3 amide bonds. The predicted octanol–water partition coefficient (Wildman–Crippen LogP) is -0.105. The molecule has 0 aliphatic carbocycles. The zero-order valence-corrected chi connectivity index (χ0v) is 11.3. The minimum absolute atomic E-state index is 0.0267. The van der Waals surface area contributed by atoms with Crippen molar-refractivity contribution in [3.8, 4) is 0 Å². The molecule has 4 atom stereocenters. The van der Waals surface area contributed by atoms with Crippen LogP contribution in [0.5, 0.6) is 0 Å². The number of amides is 3. The molecule has 1 N–H and O–H groups in total. The summed E-state index contributed by atoms with van der Waals surface area (Å²) in [7, 11) is 0. The lowest BCUT2D eigenvalue weighted by Crippen LogP contribution is -2.37. The van der Waals surface area contributed by atoms with Crippen molar-refractivity contribution < 1.29 is 23.9 Å². The number of imide groups is 1. The predicted molar refractivity (Wildman–Crippen MR) is 66.6 cm³/mol. The minimum atomic E-state index is -0.532. The Balaban J connectivity index is 1.57. The molecule has 0 aromatic carbocycles. The van der Waals surface area contributed by atoms with Gasteiger partial charge in [-0.2, -0.15) is 0 Å². The summed E-state index contributed by atoms with van der Waals surface area (Å²) in [5.74, 6) is -0.977. The Morgan fingerprint density at radius 2 is 1.90 bits per heavy atom. The average molecular weight is 282 g/mol. The molecule has 0 radical (unpaired) electrons. The normalized spacial score (nSPS) is 34.5. The molecule has 7 heteroatoms. The van der Waals surface area contributed by atoms with Gasteiger partial charge in [0.1, 0.15) is 6.61 Å². The summed E-state index contributed by atoms with van der Waals surface area (Å²) in [5.41, 5.74) is 0. The molecule has 3 heterocycles. The molecule has 3 aliphatic rings. The molecule has 0 aromatic rings. The second-order valence-electron chi connectivity index (χ2n) is 5.34. The SMILES string of the molecule is CCNC(=O)OCCN1C(=O)[C@@H]2[C@H](C1=O)[C@H]1CC[C@@H]2O1. The van der Waals surface area contributed by atoms with Crippen LogP contribution in [0, 0.1) is 11.8 Å². The van der Waals surface area contributed by atoms with E-state index in [0.717, 1.165) is 12.8 Å². The quantitative estimate of drug-likeness (QED) is 0.728. The van der Waals surface area contributed by atoms with Crippen LogP contribution in [-0.4, -0.2) is 54.7 Å². The molecule has 3 fully saturated rings. The summed E-state index contributed by atoms with van der Waals surface area (Å²) < 4.78 is 10.5. The van der Waals surface area contributed by atoms with Crippen LogP contribution in [-0.2, 0) is 19.1 Å². The van der Waals surface area contributed by atoms with Gasteiger partial charge in [0.05, 0.1) is 30.6 Å². The van der Waals surface area contributed by atoms with Gasteiger partial charge in [-0.25, -0.2) is 4.79 Å². The third-order valence-electron chi connectivity index (χ3n) is 4.24. The van der Waals surface area contributed by atoms with Gasteiger partial charge in [0.2, 0.25) is 11.8 Å². The highest BCUT2D eigenvalue weighted by Gasteiger charge is 2.62. The largest absolute Gasteiger partial charge is 0.448 e. The van der Waals surface area contributed by atoms with Crippen molar-refractivity contribution in [2.24, 2.45) is 11.8 Å². The van der Waals surface area contributed by atoms with E-state index < -0.39 is 6.09 Å². The fourth-order valence-corrected chi connectivity index (χ4v) is 3.42. The molecule has 0 saturated carbocycles. The van der Waals surface area contributed by atoms with Gasteiger partial charge >= 0.3 is 6.09 Å². The van der Waals surface area contributed by atoms with E-state index in [1.54, 1.807) is 6.92 Å². The van der Waals surface area contributed by atoms with E-state index in [9.17, 15) is 14.4 Å². The number of carbonyl (C=O) groups excluding carboxylic acids is 3. The van der Waals surface area contributed by atoms with Crippen LogP contribution in [0.15, 0.2) is 0 Å². The lowest BCUT2D eigenvalue weighted by atomic mass is 9.81. The van der Waals surface area contributed by atoms with E-state index >= 15 is 0 Å². The second-order valence-corrected chi connectivity index (χ2v) is 5.34. The maximum atomic E-state index is 12.3. The van der Waals surface area contributed by atoms with Gasteiger partial charge in [-0.05, 0) is 19.8 Å². The average Bonchev–Trinajstić information content (AvgIpc) is 3.08. The van der Waals surface area contributed by atoms with Crippen LogP contribution in [0.2, 0.25) is 0 Å². The molecule has 0 unspecified atom stereocenters. The molecule has 2 bridgehead atoms. The van der Waals surface area contributed by atoms with Gasteiger partial charge in [-0.3, -0.25) is 14.5 Å². The first-order valence-electron chi connectivity index (χ1n) is 7.04. The monoisotopic (exact) mass is 282 g/mol. The summed E-state index contributed by atoms with van der Waals surface area (Å²) in [6.07, 6.45) is 0.976. The molecule has 3 rings (SSSR count). The van der Waals surface area contributed by atoms with Crippen molar-refractivity contribution >= 4 is 17.9 Å². The van der Waals surface area contributed by atoms with Crippen molar-refractivity contribution in [2.75, 3.05) is 19.7 Å². The minimum Gasteiger partial charge on any atom is -0.448 e. The number of fused-ring (bicyclic) bond motifs is 5. The summed E-state index contributed by atoms with van der Waals surface area (Å²) in [6, 6.07) is 0. The van der Waals surface area contributed by atoms with Crippen LogP contribution >= 0.6 is 0 Å². The number of rotatable bonds is 4. The number of hydrogen-bond donors (Lipinski definition) is 1. The van der Waals surface area contributed by atoms with Crippen molar-refractivity contribution in [3.05, 3.63) is 0 Å². The Morgan fingerprint density at radius 1 is 1.30 bits per heavy atom. The van der Waals surface area contributed by atoms with Crippen molar-refractivity contribution in [1.82, 2.24) is 10.2 Å². The van der Waals surface area contributed by atoms with Gasteiger partial charge < -0.3 is 14.8 Å². The highest BCUT2D eigenvalue weighted by molar-refractivity contribution is 6.06. The van der Waals surface area contributed by atoms with E-state index in [2.05, 4.69) is 5.32 Å². The zero-order valence-electron chi connectivity index (χ0n) is 11.3. The first-order valence-corrected chi connectivity index (χ1v) is 7.04. The van der Waals surface area contributed by atoms with Crippen molar-refractivity contribution in [2.45, 2.75) is 32.0 Å². The molecule has 0 aromatic heterocycles. The summed E-state index contributed by atoms with van der Waals surface area (Å²) in [6.45, 7) is 2.41.